The number of ether oxygens (including phenoxy) is 1. The Morgan fingerprint density at radius 2 is 1.67 bits per heavy atom. The summed E-state index contributed by atoms with van der Waals surface area (Å²) in [5.41, 5.74) is 0.692. The molecule has 0 aliphatic rings. The molecule has 1 N–H and O–H groups in total. The Balaban J connectivity index is 1.99. The smallest absolute Gasteiger partial charge is 0.305 e. The molecular formula is C22H27ClFNO4S. The topological polar surface area (TPSA) is 72.5 Å². The molecule has 2 rings (SSSR count). The van der Waals surface area contributed by atoms with E-state index < -0.39 is 16.1 Å². The van der Waals surface area contributed by atoms with Gasteiger partial charge in [-0.1, -0.05) is 61.5 Å². The molecule has 164 valence electrons. The Labute approximate surface area is 182 Å². The molecule has 5 nitrogen and oxygen atoms in total. The summed E-state index contributed by atoms with van der Waals surface area (Å²) >= 11 is 6.07. The Bertz CT molecular complexity index is 919. The van der Waals surface area contributed by atoms with Crippen LogP contribution in [-0.4, -0.2) is 21.5 Å². The lowest BCUT2D eigenvalue weighted by atomic mass is 10.0. The maximum atomic E-state index is 13.3. The van der Waals surface area contributed by atoms with Gasteiger partial charge in [-0.05, 0) is 42.7 Å². The molecule has 0 amide bonds. The Hall–Kier alpha value is -1.96. The normalized spacial score (nSPS) is 12.5. The third-order valence-corrected chi connectivity index (χ3v) is 6.77. The van der Waals surface area contributed by atoms with Crippen LogP contribution in [0.2, 0.25) is 5.02 Å². The first kappa shape index (κ1) is 24.3. The van der Waals surface area contributed by atoms with Gasteiger partial charge in [0.2, 0.25) is 10.0 Å². The van der Waals surface area contributed by atoms with E-state index in [0.717, 1.165) is 32.1 Å². The molecule has 0 fully saturated rings. The summed E-state index contributed by atoms with van der Waals surface area (Å²) in [6, 6.07) is 11.6. The fraction of sp³-hybridized carbons (Fsp3) is 0.409. The van der Waals surface area contributed by atoms with Gasteiger partial charge in [0.25, 0.3) is 0 Å². The summed E-state index contributed by atoms with van der Waals surface area (Å²) in [5.74, 6) is -0.586. The number of halogens is 2. The van der Waals surface area contributed by atoms with Gasteiger partial charge in [-0.25, -0.2) is 17.5 Å². The number of unbranched alkanes of at least 4 members (excludes halogenated alkanes) is 4. The minimum absolute atomic E-state index is 0.0154. The zero-order chi connectivity index (χ0) is 22.0. The monoisotopic (exact) mass is 455 g/mol. The molecule has 0 saturated carbocycles. The molecule has 0 aromatic heterocycles. The molecule has 1 unspecified atom stereocenters. The van der Waals surface area contributed by atoms with Gasteiger partial charge in [-0.15, -0.1) is 0 Å². The largest absolute Gasteiger partial charge is 0.469 e. The lowest BCUT2D eigenvalue weighted by Crippen LogP contribution is -2.29. The van der Waals surface area contributed by atoms with Gasteiger partial charge in [0, 0.05) is 12.5 Å². The van der Waals surface area contributed by atoms with Crippen molar-refractivity contribution < 1.29 is 22.3 Å². The fourth-order valence-electron chi connectivity index (χ4n) is 3.15. The minimum Gasteiger partial charge on any atom is -0.469 e. The molecule has 0 heterocycles. The molecule has 0 aliphatic heterocycles. The zero-order valence-corrected chi connectivity index (χ0v) is 18.5. The maximum absolute atomic E-state index is 13.3. The van der Waals surface area contributed by atoms with Gasteiger partial charge in [0.15, 0.2) is 0 Å². The average molecular weight is 456 g/mol. The number of hydrogen-bond acceptors (Lipinski definition) is 4. The fourth-order valence-corrected chi connectivity index (χ4v) is 4.93. The Morgan fingerprint density at radius 3 is 2.33 bits per heavy atom. The van der Waals surface area contributed by atoms with Gasteiger partial charge < -0.3 is 4.74 Å². The number of esters is 1. The molecule has 8 heteroatoms. The van der Waals surface area contributed by atoms with E-state index in [2.05, 4.69) is 9.46 Å². The Kier molecular flexibility index (Phi) is 9.75. The maximum Gasteiger partial charge on any atom is 0.305 e. The summed E-state index contributed by atoms with van der Waals surface area (Å²) in [5, 5.41) is 0.147. The number of sulfonamides is 1. The molecule has 2 aromatic rings. The van der Waals surface area contributed by atoms with E-state index in [9.17, 15) is 17.6 Å². The van der Waals surface area contributed by atoms with Crippen molar-refractivity contribution in [1.82, 2.24) is 4.72 Å². The average Bonchev–Trinajstić information content (AvgIpc) is 2.72. The number of carbonyl (C=O) groups excluding carboxylic acids is 1. The zero-order valence-electron chi connectivity index (χ0n) is 16.9. The predicted octanol–water partition coefficient (Wildman–Crippen LogP) is 5.40. The Morgan fingerprint density at radius 1 is 1.03 bits per heavy atom. The van der Waals surface area contributed by atoms with Crippen molar-refractivity contribution >= 4 is 27.6 Å². The van der Waals surface area contributed by atoms with Crippen molar-refractivity contribution in [3.05, 3.63) is 64.9 Å². The van der Waals surface area contributed by atoms with Crippen LogP contribution >= 0.6 is 11.6 Å². The molecule has 30 heavy (non-hydrogen) atoms. The van der Waals surface area contributed by atoms with Crippen LogP contribution in [0.25, 0.3) is 0 Å². The van der Waals surface area contributed by atoms with Crippen molar-refractivity contribution in [2.75, 3.05) is 7.11 Å². The van der Waals surface area contributed by atoms with Crippen LogP contribution in [0.1, 0.15) is 56.6 Å². The second-order valence-electron chi connectivity index (χ2n) is 7.04. The van der Waals surface area contributed by atoms with Crippen molar-refractivity contribution in [2.45, 2.75) is 55.9 Å². The molecule has 1 atom stereocenters. The van der Waals surface area contributed by atoms with Crippen molar-refractivity contribution in [2.24, 2.45) is 0 Å². The standard InChI is InChI=1S/C22H27ClFNO4S/c1-29-22(26)12-6-4-2-3-5-10-20(17-13-15-18(24)16-14-17)25-30(27,28)21-11-8-7-9-19(21)23/h7-9,11,13-16,20,25H,2-6,10,12H2,1H3. The van der Waals surface area contributed by atoms with E-state index >= 15 is 0 Å². The highest BCUT2D eigenvalue weighted by molar-refractivity contribution is 7.89. The van der Waals surface area contributed by atoms with E-state index in [-0.39, 0.29) is 21.7 Å². The van der Waals surface area contributed by atoms with Gasteiger partial charge >= 0.3 is 5.97 Å². The van der Waals surface area contributed by atoms with Crippen LogP contribution < -0.4 is 4.72 Å². The third-order valence-electron chi connectivity index (χ3n) is 4.80. The first-order valence-electron chi connectivity index (χ1n) is 9.92. The highest BCUT2D eigenvalue weighted by Gasteiger charge is 2.23. The quantitative estimate of drug-likeness (QED) is 0.343. The number of nitrogens with one attached hydrogen (secondary N) is 1. The molecular weight excluding hydrogens is 429 g/mol. The highest BCUT2D eigenvalue weighted by Crippen LogP contribution is 2.26. The van der Waals surface area contributed by atoms with Crippen LogP contribution in [0.3, 0.4) is 0 Å². The molecule has 0 aliphatic carbocycles. The molecule has 0 saturated heterocycles. The minimum atomic E-state index is -3.84. The van der Waals surface area contributed by atoms with Crippen LogP contribution in [0.4, 0.5) is 4.39 Å². The van der Waals surface area contributed by atoms with Crippen LogP contribution in [-0.2, 0) is 19.6 Å². The summed E-state index contributed by atoms with van der Waals surface area (Å²) in [7, 11) is -2.46. The lowest BCUT2D eigenvalue weighted by molar-refractivity contribution is -0.140. The van der Waals surface area contributed by atoms with E-state index in [1.54, 1.807) is 24.3 Å². The van der Waals surface area contributed by atoms with E-state index in [1.807, 2.05) is 0 Å². The van der Waals surface area contributed by atoms with Crippen LogP contribution in [0, 0.1) is 5.82 Å². The van der Waals surface area contributed by atoms with Crippen LogP contribution in [0.15, 0.2) is 53.4 Å². The van der Waals surface area contributed by atoms with Crippen molar-refractivity contribution in [3.8, 4) is 0 Å². The second-order valence-corrected chi connectivity index (χ2v) is 9.13. The van der Waals surface area contributed by atoms with Crippen molar-refractivity contribution in [3.63, 3.8) is 0 Å². The van der Waals surface area contributed by atoms with Gasteiger partial charge in [0.05, 0.1) is 12.1 Å². The second kappa shape index (κ2) is 12.0. The third kappa shape index (κ3) is 7.70. The van der Waals surface area contributed by atoms with E-state index in [0.29, 0.717) is 18.4 Å². The summed E-state index contributed by atoms with van der Waals surface area (Å²) in [4.78, 5) is 11.1. The molecule has 2 aromatic carbocycles. The number of rotatable bonds is 12. The molecule has 0 radical (unpaired) electrons. The predicted molar refractivity (Wildman–Crippen MR) is 115 cm³/mol. The number of methoxy groups -OCH3 is 1. The molecule has 0 bridgehead atoms. The molecule has 0 spiro atoms. The highest BCUT2D eigenvalue weighted by atomic mass is 35.5. The van der Waals surface area contributed by atoms with Gasteiger partial charge in [0.1, 0.15) is 10.7 Å². The summed E-state index contributed by atoms with van der Waals surface area (Å²) in [6.45, 7) is 0. The first-order valence-corrected chi connectivity index (χ1v) is 11.8. The first-order chi connectivity index (χ1) is 14.3. The number of carbonyl (C=O) groups is 1. The number of hydrogen-bond donors (Lipinski definition) is 1. The summed E-state index contributed by atoms with van der Waals surface area (Å²) in [6.07, 6.45) is 5.26. The van der Waals surface area contributed by atoms with Crippen molar-refractivity contribution in [1.29, 1.82) is 0 Å². The van der Waals surface area contributed by atoms with E-state index in [4.69, 9.17) is 11.6 Å². The SMILES string of the molecule is COC(=O)CCCCCCCC(NS(=O)(=O)c1ccccc1Cl)c1ccc(F)cc1. The van der Waals surface area contributed by atoms with Gasteiger partial charge in [-0.3, -0.25) is 4.79 Å². The van der Waals surface area contributed by atoms with E-state index in [1.165, 1.54) is 31.4 Å². The number of benzene rings is 2. The summed E-state index contributed by atoms with van der Waals surface area (Å²) < 4.78 is 46.4. The van der Waals surface area contributed by atoms with Crippen LogP contribution in [0.5, 0.6) is 0 Å². The lowest BCUT2D eigenvalue weighted by Gasteiger charge is -2.20. The van der Waals surface area contributed by atoms with Gasteiger partial charge in [-0.2, -0.15) is 0 Å².